The van der Waals surface area contributed by atoms with E-state index in [-0.39, 0.29) is 11.9 Å². The lowest BCUT2D eigenvalue weighted by Gasteiger charge is -2.34. The molecule has 0 aliphatic heterocycles. The standard InChI is InChI=1S/C26H31N3O2/c1-4-31-20-14-12-19(13-15-20)27-25-16-22(21-9-5-6-10-24(21)28-25)26(30)29-23-11-7-8-17(2)18(23)3/h5-6,9-10,12-18,23H,4,7-8,11H2,1-3H3,(H,27,28)(H,29,30)/t17-,18+,23+/m0/s1. The molecule has 5 heteroatoms. The van der Waals surface area contributed by atoms with E-state index in [4.69, 9.17) is 9.72 Å². The number of anilines is 2. The van der Waals surface area contributed by atoms with Crippen LogP contribution < -0.4 is 15.4 Å². The third-order valence-electron chi connectivity index (χ3n) is 6.42. The summed E-state index contributed by atoms with van der Waals surface area (Å²) in [5, 5.41) is 7.51. The van der Waals surface area contributed by atoms with Gasteiger partial charge in [0.25, 0.3) is 5.91 Å². The van der Waals surface area contributed by atoms with E-state index in [0.29, 0.717) is 29.8 Å². The van der Waals surface area contributed by atoms with Crippen LogP contribution in [0.15, 0.2) is 54.6 Å². The Kier molecular flexibility index (Phi) is 6.40. The van der Waals surface area contributed by atoms with Crippen LogP contribution in [-0.2, 0) is 0 Å². The summed E-state index contributed by atoms with van der Waals surface area (Å²) in [4.78, 5) is 18.0. The Morgan fingerprint density at radius 3 is 2.65 bits per heavy atom. The van der Waals surface area contributed by atoms with Gasteiger partial charge in [-0.3, -0.25) is 4.79 Å². The van der Waals surface area contributed by atoms with Crippen molar-refractivity contribution in [2.75, 3.05) is 11.9 Å². The minimum absolute atomic E-state index is 0.0284. The van der Waals surface area contributed by atoms with Crippen molar-refractivity contribution in [2.24, 2.45) is 11.8 Å². The van der Waals surface area contributed by atoms with E-state index in [2.05, 4.69) is 24.5 Å². The molecule has 2 N–H and O–H groups in total. The summed E-state index contributed by atoms with van der Waals surface area (Å²) in [5.74, 6) is 2.56. The Balaban J connectivity index is 1.61. The second kappa shape index (κ2) is 9.38. The summed E-state index contributed by atoms with van der Waals surface area (Å²) in [5.41, 5.74) is 2.35. The Morgan fingerprint density at radius 1 is 1.10 bits per heavy atom. The number of pyridine rings is 1. The molecular formula is C26H31N3O2. The zero-order valence-corrected chi connectivity index (χ0v) is 18.5. The number of hydrogen-bond donors (Lipinski definition) is 2. The molecule has 0 bridgehead atoms. The number of rotatable bonds is 6. The van der Waals surface area contributed by atoms with Crippen molar-refractivity contribution < 1.29 is 9.53 Å². The zero-order valence-electron chi connectivity index (χ0n) is 18.5. The fourth-order valence-corrected chi connectivity index (χ4v) is 4.41. The van der Waals surface area contributed by atoms with Crippen LogP contribution in [0.5, 0.6) is 5.75 Å². The number of nitrogens with one attached hydrogen (secondary N) is 2. The first-order valence-electron chi connectivity index (χ1n) is 11.3. The highest BCUT2D eigenvalue weighted by Gasteiger charge is 2.28. The van der Waals surface area contributed by atoms with Crippen molar-refractivity contribution in [2.45, 2.75) is 46.1 Å². The van der Waals surface area contributed by atoms with Crippen LogP contribution in [0.25, 0.3) is 10.9 Å². The van der Waals surface area contributed by atoms with Crippen LogP contribution in [-0.4, -0.2) is 23.5 Å². The molecule has 1 aromatic heterocycles. The fraction of sp³-hybridized carbons (Fsp3) is 0.385. The number of hydrogen-bond acceptors (Lipinski definition) is 4. The molecule has 2 aromatic carbocycles. The summed E-state index contributed by atoms with van der Waals surface area (Å²) < 4.78 is 5.51. The van der Waals surface area contributed by atoms with Crippen molar-refractivity contribution in [1.82, 2.24) is 10.3 Å². The number of carbonyl (C=O) groups is 1. The number of fused-ring (bicyclic) bond motifs is 1. The Labute approximate surface area is 184 Å². The number of benzene rings is 2. The number of amides is 1. The monoisotopic (exact) mass is 417 g/mol. The van der Waals surface area contributed by atoms with Gasteiger partial charge in [0.2, 0.25) is 0 Å². The van der Waals surface area contributed by atoms with E-state index in [1.165, 1.54) is 6.42 Å². The van der Waals surface area contributed by atoms with Crippen molar-refractivity contribution in [3.63, 3.8) is 0 Å². The fourth-order valence-electron chi connectivity index (χ4n) is 4.41. The van der Waals surface area contributed by atoms with Crippen molar-refractivity contribution >= 4 is 28.3 Å². The van der Waals surface area contributed by atoms with Gasteiger partial charge in [0.05, 0.1) is 17.7 Å². The highest BCUT2D eigenvalue weighted by atomic mass is 16.5. The first-order chi connectivity index (χ1) is 15.0. The average Bonchev–Trinajstić information content (AvgIpc) is 2.78. The van der Waals surface area contributed by atoms with Crippen LogP contribution in [0.4, 0.5) is 11.5 Å². The van der Waals surface area contributed by atoms with Gasteiger partial charge in [-0.2, -0.15) is 0 Å². The Morgan fingerprint density at radius 2 is 1.87 bits per heavy atom. The van der Waals surface area contributed by atoms with Gasteiger partial charge < -0.3 is 15.4 Å². The van der Waals surface area contributed by atoms with Gasteiger partial charge in [0.15, 0.2) is 0 Å². The quantitative estimate of drug-likeness (QED) is 0.522. The minimum atomic E-state index is -0.0284. The van der Waals surface area contributed by atoms with E-state index >= 15 is 0 Å². The van der Waals surface area contributed by atoms with Gasteiger partial charge in [0.1, 0.15) is 11.6 Å². The Hall–Kier alpha value is -3.08. The molecule has 1 amide bonds. The zero-order chi connectivity index (χ0) is 21.8. The number of carbonyl (C=O) groups excluding carboxylic acids is 1. The smallest absolute Gasteiger partial charge is 0.252 e. The first-order valence-corrected chi connectivity index (χ1v) is 11.3. The molecule has 4 rings (SSSR count). The average molecular weight is 418 g/mol. The minimum Gasteiger partial charge on any atom is -0.494 e. The number of nitrogens with zero attached hydrogens (tertiary/aromatic N) is 1. The SMILES string of the molecule is CCOc1ccc(Nc2cc(C(=O)N[C@@H]3CCC[C@H](C)[C@H]3C)c3ccccc3n2)cc1. The highest BCUT2D eigenvalue weighted by Crippen LogP contribution is 2.30. The molecule has 0 saturated heterocycles. The summed E-state index contributed by atoms with van der Waals surface area (Å²) in [6.45, 7) is 7.13. The highest BCUT2D eigenvalue weighted by molar-refractivity contribution is 6.07. The maximum Gasteiger partial charge on any atom is 0.252 e. The van der Waals surface area contributed by atoms with Gasteiger partial charge in [-0.15, -0.1) is 0 Å². The van der Waals surface area contributed by atoms with E-state index < -0.39 is 0 Å². The summed E-state index contributed by atoms with van der Waals surface area (Å²) in [7, 11) is 0. The van der Waals surface area contributed by atoms with Crippen LogP contribution in [0, 0.1) is 11.8 Å². The van der Waals surface area contributed by atoms with E-state index in [1.807, 2.05) is 61.5 Å². The first kappa shape index (κ1) is 21.2. The molecule has 0 spiro atoms. The second-order valence-electron chi connectivity index (χ2n) is 8.50. The summed E-state index contributed by atoms with van der Waals surface area (Å²) >= 11 is 0. The largest absolute Gasteiger partial charge is 0.494 e. The molecule has 3 atom stereocenters. The molecule has 1 aliphatic rings. The summed E-state index contributed by atoms with van der Waals surface area (Å²) in [6, 6.07) is 17.6. The van der Waals surface area contributed by atoms with Gasteiger partial charge >= 0.3 is 0 Å². The van der Waals surface area contributed by atoms with Crippen molar-refractivity contribution in [3.05, 3.63) is 60.2 Å². The molecule has 1 fully saturated rings. The molecular weight excluding hydrogens is 386 g/mol. The molecule has 31 heavy (non-hydrogen) atoms. The van der Waals surface area contributed by atoms with Crippen LogP contribution >= 0.6 is 0 Å². The lowest BCUT2D eigenvalue weighted by molar-refractivity contribution is 0.0892. The molecule has 1 heterocycles. The van der Waals surface area contributed by atoms with Crippen molar-refractivity contribution in [3.8, 4) is 5.75 Å². The van der Waals surface area contributed by atoms with E-state index in [1.54, 1.807) is 0 Å². The summed E-state index contributed by atoms with van der Waals surface area (Å²) in [6.07, 6.45) is 3.44. The van der Waals surface area contributed by atoms with Crippen LogP contribution in [0.3, 0.4) is 0 Å². The molecule has 0 unspecified atom stereocenters. The number of aromatic nitrogens is 1. The molecule has 5 nitrogen and oxygen atoms in total. The predicted octanol–water partition coefficient (Wildman–Crippen LogP) is 5.93. The maximum atomic E-state index is 13.3. The second-order valence-corrected chi connectivity index (χ2v) is 8.50. The van der Waals surface area contributed by atoms with Crippen molar-refractivity contribution in [1.29, 1.82) is 0 Å². The Bertz CT molecular complexity index is 1050. The van der Waals surface area contributed by atoms with Gasteiger partial charge in [0, 0.05) is 17.1 Å². The number of ether oxygens (including phenoxy) is 1. The van der Waals surface area contributed by atoms with Gasteiger partial charge in [-0.1, -0.05) is 44.9 Å². The predicted molar refractivity (Wildman–Crippen MR) is 126 cm³/mol. The topological polar surface area (TPSA) is 63.2 Å². The molecule has 3 aromatic rings. The molecule has 1 saturated carbocycles. The van der Waals surface area contributed by atoms with Gasteiger partial charge in [-0.05, 0) is 61.6 Å². The normalized spacial score (nSPS) is 20.9. The lowest BCUT2D eigenvalue weighted by atomic mass is 9.78. The third kappa shape index (κ3) is 4.82. The third-order valence-corrected chi connectivity index (χ3v) is 6.42. The maximum absolute atomic E-state index is 13.3. The molecule has 162 valence electrons. The van der Waals surface area contributed by atoms with Crippen LogP contribution in [0.2, 0.25) is 0 Å². The number of para-hydroxylation sites is 1. The van der Waals surface area contributed by atoms with Gasteiger partial charge in [-0.25, -0.2) is 4.98 Å². The van der Waals surface area contributed by atoms with E-state index in [0.717, 1.165) is 35.2 Å². The molecule has 0 radical (unpaired) electrons. The van der Waals surface area contributed by atoms with E-state index in [9.17, 15) is 4.79 Å². The van der Waals surface area contributed by atoms with Crippen LogP contribution in [0.1, 0.15) is 50.4 Å². The molecule has 1 aliphatic carbocycles. The lowest BCUT2D eigenvalue weighted by Crippen LogP contribution is -2.43.